The average molecular weight is 306 g/mol. The van der Waals surface area contributed by atoms with Crippen molar-refractivity contribution >= 4 is 11.9 Å². The van der Waals surface area contributed by atoms with Gasteiger partial charge in [0.1, 0.15) is 5.75 Å². The van der Waals surface area contributed by atoms with Crippen molar-refractivity contribution in [3.05, 3.63) is 29.8 Å². The number of benzene rings is 1. The van der Waals surface area contributed by atoms with E-state index in [1.54, 1.807) is 12.1 Å². The zero-order chi connectivity index (χ0) is 17.0. The second-order valence-corrected chi connectivity index (χ2v) is 6.58. The van der Waals surface area contributed by atoms with Crippen molar-refractivity contribution in [1.29, 1.82) is 0 Å². The smallest absolute Gasteiger partial charge is 0.311 e. The second-order valence-electron chi connectivity index (χ2n) is 6.58. The molecule has 0 aliphatic heterocycles. The highest BCUT2D eigenvalue weighted by molar-refractivity contribution is 5.76. The minimum Gasteiger partial charge on any atom is -0.469 e. The first-order chi connectivity index (χ1) is 10.1. The lowest BCUT2D eigenvalue weighted by atomic mass is 9.69. The number of hydrogen-bond donors (Lipinski definition) is 0. The van der Waals surface area contributed by atoms with Gasteiger partial charge < -0.3 is 9.47 Å². The van der Waals surface area contributed by atoms with E-state index in [1.165, 1.54) is 14.0 Å². The number of rotatable bonds is 6. The number of carbonyl (C=O) groups excluding carboxylic acids is 2. The zero-order valence-corrected chi connectivity index (χ0v) is 14.4. The van der Waals surface area contributed by atoms with Gasteiger partial charge in [-0.1, -0.05) is 32.9 Å². The summed E-state index contributed by atoms with van der Waals surface area (Å²) in [5, 5.41) is 0. The van der Waals surface area contributed by atoms with Crippen LogP contribution in [-0.2, 0) is 19.7 Å². The van der Waals surface area contributed by atoms with Crippen molar-refractivity contribution in [2.24, 2.45) is 5.41 Å². The number of esters is 2. The highest BCUT2D eigenvalue weighted by atomic mass is 16.5. The molecular weight excluding hydrogens is 280 g/mol. The molecular formula is C18H26O4. The number of ether oxygens (including phenoxy) is 2. The van der Waals surface area contributed by atoms with Crippen LogP contribution in [0.3, 0.4) is 0 Å². The van der Waals surface area contributed by atoms with Gasteiger partial charge in [-0.3, -0.25) is 9.59 Å². The highest BCUT2D eigenvalue weighted by Gasteiger charge is 2.38. The zero-order valence-electron chi connectivity index (χ0n) is 14.4. The van der Waals surface area contributed by atoms with Crippen LogP contribution in [0.5, 0.6) is 5.75 Å². The third kappa shape index (κ3) is 4.33. The van der Waals surface area contributed by atoms with Gasteiger partial charge in [0.05, 0.1) is 12.5 Å². The molecule has 1 atom stereocenters. The lowest BCUT2D eigenvalue weighted by Crippen LogP contribution is -2.35. The van der Waals surface area contributed by atoms with Crippen molar-refractivity contribution < 1.29 is 19.1 Å². The van der Waals surface area contributed by atoms with E-state index in [1.807, 2.05) is 26.0 Å². The molecule has 4 nitrogen and oxygen atoms in total. The van der Waals surface area contributed by atoms with Crippen molar-refractivity contribution in [1.82, 2.24) is 0 Å². The standard InChI is InChI=1S/C18H26O4/c1-7-18(5,16(20)21-6)12-17(3,4)14-8-10-15(11-9-14)22-13(2)19/h8-11H,7,12H2,1-6H3. The Morgan fingerprint density at radius 3 is 2.05 bits per heavy atom. The van der Waals surface area contributed by atoms with E-state index in [0.29, 0.717) is 18.6 Å². The van der Waals surface area contributed by atoms with Crippen molar-refractivity contribution in [2.45, 2.75) is 52.9 Å². The van der Waals surface area contributed by atoms with Gasteiger partial charge in [0, 0.05) is 6.92 Å². The Kier molecular flexibility index (Phi) is 5.75. The minimum absolute atomic E-state index is 0.181. The molecule has 0 saturated heterocycles. The van der Waals surface area contributed by atoms with Gasteiger partial charge in [0.25, 0.3) is 0 Å². The molecule has 0 saturated carbocycles. The molecule has 0 aliphatic rings. The topological polar surface area (TPSA) is 52.6 Å². The summed E-state index contributed by atoms with van der Waals surface area (Å²) < 4.78 is 10.0. The Hall–Kier alpha value is -1.84. The maximum Gasteiger partial charge on any atom is 0.311 e. The van der Waals surface area contributed by atoms with Crippen LogP contribution < -0.4 is 4.74 Å². The molecule has 1 aromatic rings. The molecule has 0 fully saturated rings. The Bertz CT molecular complexity index is 531. The molecule has 0 aliphatic carbocycles. The first-order valence-corrected chi connectivity index (χ1v) is 7.52. The van der Waals surface area contributed by atoms with Crippen LogP contribution >= 0.6 is 0 Å². The Morgan fingerprint density at radius 1 is 1.09 bits per heavy atom. The van der Waals surface area contributed by atoms with Crippen molar-refractivity contribution in [2.75, 3.05) is 7.11 Å². The summed E-state index contributed by atoms with van der Waals surface area (Å²) >= 11 is 0. The maximum absolute atomic E-state index is 12.1. The molecule has 0 aromatic heterocycles. The molecule has 0 spiro atoms. The monoisotopic (exact) mass is 306 g/mol. The Morgan fingerprint density at radius 2 is 1.64 bits per heavy atom. The summed E-state index contributed by atoms with van der Waals surface area (Å²) in [4.78, 5) is 23.0. The van der Waals surface area contributed by atoms with Gasteiger partial charge in [-0.15, -0.1) is 0 Å². The summed E-state index contributed by atoms with van der Waals surface area (Å²) in [5.74, 6) is 0.00846. The summed E-state index contributed by atoms with van der Waals surface area (Å²) in [7, 11) is 1.43. The molecule has 0 N–H and O–H groups in total. The van der Waals surface area contributed by atoms with Crippen LogP contribution in [0.4, 0.5) is 0 Å². The third-order valence-corrected chi connectivity index (χ3v) is 4.19. The molecule has 0 radical (unpaired) electrons. The SMILES string of the molecule is CCC(C)(CC(C)(C)c1ccc(OC(C)=O)cc1)C(=O)OC. The maximum atomic E-state index is 12.1. The third-order valence-electron chi connectivity index (χ3n) is 4.19. The summed E-state index contributed by atoms with van der Waals surface area (Å²) in [6, 6.07) is 7.43. The minimum atomic E-state index is -0.521. The normalized spacial score (nSPS) is 14.1. The van der Waals surface area contributed by atoms with E-state index in [2.05, 4.69) is 13.8 Å². The van der Waals surface area contributed by atoms with E-state index in [4.69, 9.17) is 9.47 Å². The molecule has 1 unspecified atom stereocenters. The fourth-order valence-corrected chi connectivity index (χ4v) is 2.81. The second kappa shape index (κ2) is 6.95. The number of hydrogen-bond acceptors (Lipinski definition) is 4. The Labute approximate surface area is 132 Å². The molecule has 122 valence electrons. The summed E-state index contributed by atoms with van der Waals surface area (Å²) in [6.45, 7) is 9.51. The van der Waals surface area contributed by atoms with Crippen LogP contribution in [0, 0.1) is 5.41 Å². The van der Waals surface area contributed by atoms with E-state index < -0.39 is 5.41 Å². The van der Waals surface area contributed by atoms with Crippen molar-refractivity contribution in [3.63, 3.8) is 0 Å². The molecule has 0 heterocycles. The Balaban J connectivity index is 2.98. The van der Waals surface area contributed by atoms with Crippen LogP contribution in [0.2, 0.25) is 0 Å². The molecule has 4 heteroatoms. The van der Waals surface area contributed by atoms with Crippen molar-refractivity contribution in [3.8, 4) is 5.75 Å². The van der Waals surface area contributed by atoms with Gasteiger partial charge in [0.2, 0.25) is 0 Å². The molecule has 0 amide bonds. The summed E-state index contributed by atoms with van der Waals surface area (Å²) in [6.07, 6.45) is 1.39. The van der Waals surface area contributed by atoms with Crippen LogP contribution in [0.15, 0.2) is 24.3 Å². The van der Waals surface area contributed by atoms with E-state index in [9.17, 15) is 9.59 Å². The van der Waals surface area contributed by atoms with Crippen LogP contribution in [-0.4, -0.2) is 19.0 Å². The lowest BCUT2D eigenvalue weighted by molar-refractivity contribution is -0.153. The highest BCUT2D eigenvalue weighted by Crippen LogP contribution is 2.40. The first kappa shape index (κ1) is 18.2. The molecule has 0 bridgehead atoms. The van der Waals surface area contributed by atoms with E-state index in [0.717, 1.165) is 5.56 Å². The van der Waals surface area contributed by atoms with Crippen LogP contribution in [0.25, 0.3) is 0 Å². The average Bonchev–Trinajstić information content (AvgIpc) is 2.45. The summed E-state index contributed by atoms with van der Waals surface area (Å²) in [5.41, 5.74) is 0.368. The van der Waals surface area contributed by atoms with Gasteiger partial charge >= 0.3 is 11.9 Å². The quantitative estimate of drug-likeness (QED) is 0.591. The molecule has 1 rings (SSSR count). The van der Waals surface area contributed by atoms with E-state index >= 15 is 0 Å². The van der Waals surface area contributed by atoms with Gasteiger partial charge in [0.15, 0.2) is 0 Å². The van der Waals surface area contributed by atoms with Gasteiger partial charge in [-0.05, 0) is 42.9 Å². The lowest BCUT2D eigenvalue weighted by Gasteiger charge is -2.35. The fraction of sp³-hybridized carbons (Fsp3) is 0.556. The van der Waals surface area contributed by atoms with Gasteiger partial charge in [-0.25, -0.2) is 0 Å². The fourth-order valence-electron chi connectivity index (χ4n) is 2.81. The van der Waals surface area contributed by atoms with Gasteiger partial charge in [-0.2, -0.15) is 0 Å². The number of methoxy groups -OCH3 is 1. The van der Waals surface area contributed by atoms with Crippen LogP contribution in [0.1, 0.15) is 53.0 Å². The predicted molar refractivity (Wildman–Crippen MR) is 85.8 cm³/mol. The predicted octanol–water partition coefficient (Wildman–Crippen LogP) is 3.87. The molecule has 1 aromatic carbocycles. The van der Waals surface area contributed by atoms with E-state index in [-0.39, 0.29) is 17.4 Å². The first-order valence-electron chi connectivity index (χ1n) is 7.52. The molecule has 22 heavy (non-hydrogen) atoms. The number of carbonyl (C=O) groups is 2. The largest absolute Gasteiger partial charge is 0.469 e.